The minimum Gasteiger partial charge on any atom is -0.338 e. The van der Waals surface area contributed by atoms with Gasteiger partial charge in [0, 0.05) is 38.9 Å². The highest BCUT2D eigenvalue weighted by atomic mass is 79.9. The zero-order chi connectivity index (χ0) is 18.0. The van der Waals surface area contributed by atoms with Gasteiger partial charge in [0.1, 0.15) is 6.04 Å². The van der Waals surface area contributed by atoms with E-state index in [1.807, 2.05) is 24.9 Å². The zero-order valence-electron chi connectivity index (χ0n) is 15.1. The van der Waals surface area contributed by atoms with Crippen molar-refractivity contribution in [2.24, 2.45) is 0 Å². The van der Waals surface area contributed by atoms with E-state index < -0.39 is 0 Å². The van der Waals surface area contributed by atoms with Crippen LogP contribution in [0.2, 0.25) is 0 Å². The molecule has 1 aromatic heterocycles. The molecule has 1 aliphatic rings. The Morgan fingerprint density at radius 3 is 2.36 bits per heavy atom. The van der Waals surface area contributed by atoms with Crippen LogP contribution >= 0.6 is 15.9 Å². The van der Waals surface area contributed by atoms with E-state index in [1.54, 1.807) is 4.68 Å². The van der Waals surface area contributed by atoms with Gasteiger partial charge in [-0.05, 0) is 42.3 Å². The van der Waals surface area contributed by atoms with Crippen molar-refractivity contribution in [2.75, 3.05) is 26.2 Å². The van der Waals surface area contributed by atoms with Crippen LogP contribution in [0.1, 0.15) is 29.8 Å². The number of nitrogens with zero attached hydrogens (tertiary/aromatic N) is 4. The van der Waals surface area contributed by atoms with Gasteiger partial charge >= 0.3 is 0 Å². The summed E-state index contributed by atoms with van der Waals surface area (Å²) in [7, 11) is 0. The Hall–Kier alpha value is -1.66. The Kier molecular flexibility index (Phi) is 5.59. The van der Waals surface area contributed by atoms with Crippen LogP contribution in [-0.4, -0.2) is 51.7 Å². The number of hydrogen-bond donors (Lipinski definition) is 0. The summed E-state index contributed by atoms with van der Waals surface area (Å²) in [5.41, 5.74) is 3.52. The molecule has 0 N–H and O–H groups in total. The fourth-order valence-corrected chi connectivity index (χ4v) is 3.40. The molecule has 1 aliphatic heterocycles. The number of benzene rings is 1. The van der Waals surface area contributed by atoms with Gasteiger partial charge in [0.05, 0.1) is 10.2 Å². The first-order chi connectivity index (χ1) is 11.9. The smallest absolute Gasteiger partial charge is 0.247 e. The van der Waals surface area contributed by atoms with E-state index in [0.717, 1.165) is 42.9 Å². The Labute approximate surface area is 157 Å². The van der Waals surface area contributed by atoms with Gasteiger partial charge in [0.25, 0.3) is 0 Å². The van der Waals surface area contributed by atoms with Gasteiger partial charge in [-0.1, -0.05) is 29.8 Å². The molecule has 6 heteroatoms. The van der Waals surface area contributed by atoms with E-state index >= 15 is 0 Å². The highest BCUT2D eigenvalue weighted by Crippen LogP contribution is 2.19. The lowest BCUT2D eigenvalue weighted by atomic mass is 10.1. The van der Waals surface area contributed by atoms with Crippen molar-refractivity contribution in [2.45, 2.75) is 33.4 Å². The van der Waals surface area contributed by atoms with Crippen molar-refractivity contribution < 1.29 is 4.79 Å². The van der Waals surface area contributed by atoms with Crippen molar-refractivity contribution in [3.05, 3.63) is 51.8 Å². The van der Waals surface area contributed by atoms with Crippen LogP contribution in [0.15, 0.2) is 34.9 Å². The fourth-order valence-electron chi connectivity index (χ4n) is 3.11. The molecule has 2 aromatic rings. The molecule has 1 aromatic carbocycles. The molecule has 1 unspecified atom stereocenters. The monoisotopic (exact) mass is 404 g/mol. The summed E-state index contributed by atoms with van der Waals surface area (Å²) in [5.74, 6) is 0.144. The molecule has 1 amide bonds. The third-order valence-electron chi connectivity index (χ3n) is 4.82. The first-order valence-electron chi connectivity index (χ1n) is 8.72. The number of carbonyl (C=O) groups excluding carboxylic acids is 1. The SMILES string of the molecule is Cc1ccc(CN2CCN(C(=O)C(C)n3cc(Br)c(C)n3)CC2)cc1. The van der Waals surface area contributed by atoms with Crippen LogP contribution in [-0.2, 0) is 11.3 Å². The van der Waals surface area contributed by atoms with Gasteiger partial charge in [-0.15, -0.1) is 0 Å². The maximum Gasteiger partial charge on any atom is 0.247 e. The maximum atomic E-state index is 12.8. The van der Waals surface area contributed by atoms with E-state index in [0.29, 0.717) is 0 Å². The van der Waals surface area contributed by atoms with Crippen LogP contribution in [0, 0.1) is 13.8 Å². The van der Waals surface area contributed by atoms with Crippen LogP contribution in [0.4, 0.5) is 0 Å². The summed E-state index contributed by atoms with van der Waals surface area (Å²) in [6.45, 7) is 10.3. The van der Waals surface area contributed by atoms with E-state index in [1.165, 1.54) is 11.1 Å². The summed E-state index contributed by atoms with van der Waals surface area (Å²) in [6.07, 6.45) is 1.88. The number of amides is 1. The molecule has 1 atom stereocenters. The van der Waals surface area contributed by atoms with Crippen molar-refractivity contribution in [3.63, 3.8) is 0 Å². The minimum atomic E-state index is -0.270. The van der Waals surface area contributed by atoms with Gasteiger partial charge in [-0.2, -0.15) is 5.10 Å². The van der Waals surface area contributed by atoms with Crippen LogP contribution in [0.25, 0.3) is 0 Å². The number of rotatable bonds is 4. The zero-order valence-corrected chi connectivity index (χ0v) is 16.7. The lowest BCUT2D eigenvalue weighted by molar-refractivity contribution is -0.136. The minimum absolute atomic E-state index is 0.144. The summed E-state index contributed by atoms with van der Waals surface area (Å²) in [6, 6.07) is 8.41. The second-order valence-corrected chi connectivity index (χ2v) is 7.66. The lowest BCUT2D eigenvalue weighted by Gasteiger charge is -2.36. The number of piperazine rings is 1. The normalized spacial score (nSPS) is 16.9. The molecule has 1 fully saturated rings. The Morgan fingerprint density at radius 1 is 1.16 bits per heavy atom. The van der Waals surface area contributed by atoms with Crippen LogP contribution in [0.3, 0.4) is 0 Å². The van der Waals surface area contributed by atoms with E-state index in [-0.39, 0.29) is 11.9 Å². The number of halogens is 1. The molecule has 134 valence electrons. The van der Waals surface area contributed by atoms with Gasteiger partial charge in [0.2, 0.25) is 5.91 Å². The predicted molar refractivity (Wildman–Crippen MR) is 102 cm³/mol. The molecular weight excluding hydrogens is 380 g/mol. The van der Waals surface area contributed by atoms with E-state index in [2.05, 4.69) is 57.1 Å². The number of aryl methyl sites for hydroxylation is 2. The summed E-state index contributed by atoms with van der Waals surface area (Å²) >= 11 is 3.46. The quantitative estimate of drug-likeness (QED) is 0.785. The average Bonchev–Trinajstić information content (AvgIpc) is 2.95. The molecule has 0 bridgehead atoms. The second-order valence-electron chi connectivity index (χ2n) is 6.81. The highest BCUT2D eigenvalue weighted by Gasteiger charge is 2.26. The van der Waals surface area contributed by atoms with Crippen molar-refractivity contribution in [1.29, 1.82) is 0 Å². The number of carbonyl (C=O) groups is 1. The first kappa shape index (κ1) is 18.1. The third-order valence-corrected chi connectivity index (χ3v) is 5.60. The van der Waals surface area contributed by atoms with Gasteiger partial charge in [-0.25, -0.2) is 0 Å². The molecule has 2 heterocycles. The molecule has 0 radical (unpaired) electrons. The van der Waals surface area contributed by atoms with Crippen molar-refractivity contribution in [3.8, 4) is 0 Å². The van der Waals surface area contributed by atoms with Crippen LogP contribution < -0.4 is 0 Å². The molecule has 3 rings (SSSR count). The molecule has 0 saturated carbocycles. The molecule has 1 saturated heterocycles. The summed E-state index contributed by atoms with van der Waals surface area (Å²) < 4.78 is 2.69. The molecule has 0 aliphatic carbocycles. The largest absolute Gasteiger partial charge is 0.338 e. The third kappa shape index (κ3) is 4.30. The highest BCUT2D eigenvalue weighted by molar-refractivity contribution is 9.10. The predicted octanol–water partition coefficient (Wildman–Crippen LogP) is 3.17. The standard InChI is InChI=1S/C19H25BrN4O/c1-14-4-6-17(7-5-14)12-22-8-10-23(11-9-22)19(25)16(3)24-13-18(20)15(2)21-24/h4-7,13,16H,8-12H2,1-3H3. The molecule has 25 heavy (non-hydrogen) atoms. The topological polar surface area (TPSA) is 41.4 Å². The van der Waals surface area contributed by atoms with Crippen LogP contribution in [0.5, 0.6) is 0 Å². The fraction of sp³-hybridized carbons (Fsp3) is 0.474. The first-order valence-corrected chi connectivity index (χ1v) is 9.51. The van der Waals surface area contributed by atoms with Crippen molar-refractivity contribution in [1.82, 2.24) is 19.6 Å². The maximum absolute atomic E-state index is 12.8. The van der Waals surface area contributed by atoms with E-state index in [9.17, 15) is 4.79 Å². The molecular formula is C19H25BrN4O. The summed E-state index contributed by atoms with van der Waals surface area (Å²) in [4.78, 5) is 17.1. The second kappa shape index (κ2) is 7.70. The Bertz CT molecular complexity index is 713. The average molecular weight is 405 g/mol. The van der Waals surface area contributed by atoms with Gasteiger partial charge < -0.3 is 4.90 Å². The molecule has 0 spiro atoms. The van der Waals surface area contributed by atoms with E-state index in [4.69, 9.17) is 0 Å². The number of aromatic nitrogens is 2. The molecule has 5 nitrogen and oxygen atoms in total. The Morgan fingerprint density at radius 2 is 1.80 bits per heavy atom. The lowest BCUT2D eigenvalue weighted by Crippen LogP contribution is -2.49. The number of hydrogen-bond acceptors (Lipinski definition) is 3. The van der Waals surface area contributed by atoms with Crippen molar-refractivity contribution >= 4 is 21.8 Å². The van der Waals surface area contributed by atoms with Gasteiger partial charge in [-0.3, -0.25) is 14.4 Å². The Balaban J connectivity index is 1.54. The summed E-state index contributed by atoms with van der Waals surface area (Å²) in [5, 5.41) is 4.42. The van der Waals surface area contributed by atoms with Gasteiger partial charge in [0.15, 0.2) is 0 Å².